The minimum atomic E-state index is -0.799. The molecule has 1 aromatic heterocycles. The number of carbonyl (C=O) groups is 2. The van der Waals surface area contributed by atoms with Gasteiger partial charge in [0, 0.05) is 18.0 Å². The van der Waals surface area contributed by atoms with Crippen LogP contribution in [-0.2, 0) is 9.53 Å². The minimum Gasteiger partial charge on any atom is -0.481 e. The van der Waals surface area contributed by atoms with E-state index in [4.69, 9.17) is 4.74 Å². The molecule has 1 saturated carbocycles. The molecule has 1 aromatic rings. The van der Waals surface area contributed by atoms with Gasteiger partial charge in [0.2, 0.25) is 0 Å². The number of H-pyrrole nitrogens is 1. The number of carboxylic acid groups (broad SMARTS) is 1. The first-order chi connectivity index (χ1) is 16.4. The molecule has 0 spiro atoms. The second-order valence-corrected chi connectivity index (χ2v) is 10.5. The predicted octanol–water partition coefficient (Wildman–Crippen LogP) is 6.21. The second kappa shape index (κ2) is 10.9. The molecular weight excluding hydrogens is 426 g/mol. The van der Waals surface area contributed by atoms with Crippen molar-refractivity contribution < 1.29 is 19.4 Å². The highest BCUT2D eigenvalue weighted by atomic mass is 16.5. The first kappa shape index (κ1) is 24.7. The Hall–Kier alpha value is -2.40. The van der Waals surface area contributed by atoms with Gasteiger partial charge in [-0.2, -0.15) is 0 Å². The minimum absolute atomic E-state index is 0.0310. The zero-order valence-corrected chi connectivity index (χ0v) is 20.7. The first-order valence-electron chi connectivity index (χ1n) is 13.0. The van der Waals surface area contributed by atoms with Crippen LogP contribution in [0.3, 0.4) is 0 Å². The number of hydrogen-bond acceptors (Lipinski definition) is 3. The quantitative estimate of drug-likeness (QED) is 0.272. The smallest absolute Gasteiger partial charge is 0.308 e. The van der Waals surface area contributed by atoms with Crippen molar-refractivity contribution >= 4 is 11.8 Å². The highest BCUT2D eigenvalue weighted by molar-refractivity contribution is 5.97. The molecule has 8 atom stereocenters. The normalized spacial score (nSPS) is 34.8. The molecule has 5 heteroatoms. The maximum absolute atomic E-state index is 13.4. The van der Waals surface area contributed by atoms with Crippen LogP contribution < -0.4 is 0 Å². The summed E-state index contributed by atoms with van der Waals surface area (Å²) in [5.41, 5.74) is 1.90. The van der Waals surface area contributed by atoms with E-state index in [1.54, 1.807) is 6.92 Å². The van der Waals surface area contributed by atoms with Gasteiger partial charge in [0.15, 0.2) is 5.78 Å². The van der Waals surface area contributed by atoms with Crippen molar-refractivity contribution in [2.75, 3.05) is 0 Å². The molecule has 34 heavy (non-hydrogen) atoms. The van der Waals surface area contributed by atoms with Crippen molar-refractivity contribution in [1.82, 2.24) is 4.98 Å². The number of carboxylic acids is 1. The van der Waals surface area contributed by atoms with Crippen LogP contribution in [0.4, 0.5) is 0 Å². The lowest BCUT2D eigenvalue weighted by atomic mass is 9.69. The van der Waals surface area contributed by atoms with Crippen LogP contribution in [0.15, 0.2) is 54.3 Å². The fraction of sp³-hybridized carbons (Fsp3) is 0.586. The van der Waals surface area contributed by atoms with E-state index in [0.717, 1.165) is 25.7 Å². The zero-order valence-electron chi connectivity index (χ0n) is 20.7. The molecule has 0 radical (unpaired) electrons. The molecule has 1 saturated heterocycles. The Morgan fingerprint density at radius 1 is 1.24 bits per heavy atom. The topological polar surface area (TPSA) is 79.4 Å². The Bertz CT molecular complexity index is 943. The number of ketones is 1. The number of ether oxygens (including phenoxy) is 1. The Morgan fingerprint density at radius 2 is 2.06 bits per heavy atom. The van der Waals surface area contributed by atoms with E-state index in [1.165, 1.54) is 18.4 Å². The van der Waals surface area contributed by atoms with Crippen molar-refractivity contribution in [1.29, 1.82) is 0 Å². The third-order valence-electron chi connectivity index (χ3n) is 8.36. The number of Topliss-reactive ketones (excluding diaryl/α,β-unsaturated/α-hetero) is 1. The van der Waals surface area contributed by atoms with Gasteiger partial charge >= 0.3 is 5.97 Å². The van der Waals surface area contributed by atoms with Crippen LogP contribution >= 0.6 is 0 Å². The molecule has 0 aromatic carbocycles. The van der Waals surface area contributed by atoms with Crippen molar-refractivity contribution in [3.05, 3.63) is 60.0 Å². The summed E-state index contributed by atoms with van der Waals surface area (Å²) in [5.74, 6) is 0.237. The van der Waals surface area contributed by atoms with Gasteiger partial charge in [-0.25, -0.2) is 0 Å². The molecule has 2 fully saturated rings. The SMILES string of the molecule is CC/C(=C/C=C/[C@@H]1C=C[C@@H]2CCC[C@@H]2[C@@H]1C(=O)c1ccc[nH]1)[C@@H]1O[C@@H]([C@H](C)C(=O)O)CC[C@@H]1C. The molecule has 2 aliphatic carbocycles. The van der Waals surface area contributed by atoms with Gasteiger partial charge in [0.1, 0.15) is 0 Å². The average Bonchev–Trinajstić information content (AvgIpc) is 3.53. The lowest BCUT2D eigenvalue weighted by Crippen LogP contribution is -2.40. The van der Waals surface area contributed by atoms with E-state index in [0.29, 0.717) is 23.4 Å². The maximum Gasteiger partial charge on any atom is 0.308 e. The van der Waals surface area contributed by atoms with E-state index >= 15 is 0 Å². The number of aliphatic carboxylic acids is 1. The summed E-state index contributed by atoms with van der Waals surface area (Å²) in [6, 6.07) is 3.78. The summed E-state index contributed by atoms with van der Waals surface area (Å²) in [4.78, 5) is 28.0. The van der Waals surface area contributed by atoms with E-state index in [9.17, 15) is 14.7 Å². The van der Waals surface area contributed by atoms with Crippen LogP contribution in [0.25, 0.3) is 0 Å². The lowest BCUT2D eigenvalue weighted by molar-refractivity contribution is -0.152. The van der Waals surface area contributed by atoms with Gasteiger partial charge in [-0.05, 0) is 74.5 Å². The molecule has 0 amide bonds. The molecular formula is C29H39NO4. The van der Waals surface area contributed by atoms with E-state index in [1.807, 2.05) is 18.3 Å². The molecule has 2 N–H and O–H groups in total. The number of hydrogen-bond donors (Lipinski definition) is 2. The summed E-state index contributed by atoms with van der Waals surface area (Å²) < 4.78 is 6.33. The van der Waals surface area contributed by atoms with Crippen LogP contribution in [-0.4, -0.2) is 34.1 Å². The highest BCUT2D eigenvalue weighted by Crippen LogP contribution is 2.46. The van der Waals surface area contributed by atoms with Crippen LogP contribution in [0.2, 0.25) is 0 Å². The summed E-state index contributed by atoms with van der Waals surface area (Å²) in [7, 11) is 0. The Kier molecular flexibility index (Phi) is 7.92. The maximum atomic E-state index is 13.4. The van der Waals surface area contributed by atoms with E-state index < -0.39 is 11.9 Å². The largest absolute Gasteiger partial charge is 0.481 e. The van der Waals surface area contributed by atoms with Crippen LogP contribution in [0.5, 0.6) is 0 Å². The van der Waals surface area contributed by atoms with Crippen molar-refractivity contribution in [3.63, 3.8) is 0 Å². The number of aromatic nitrogens is 1. The first-order valence-corrected chi connectivity index (χ1v) is 13.0. The molecule has 184 valence electrons. The van der Waals surface area contributed by atoms with Gasteiger partial charge in [-0.15, -0.1) is 0 Å². The Balaban J connectivity index is 1.53. The molecule has 4 rings (SSSR count). The van der Waals surface area contributed by atoms with Gasteiger partial charge in [0.05, 0.1) is 23.8 Å². The molecule has 1 aliphatic heterocycles. The summed E-state index contributed by atoms with van der Waals surface area (Å²) >= 11 is 0. The fourth-order valence-electron chi connectivity index (χ4n) is 6.26. The molecule has 2 heterocycles. The van der Waals surface area contributed by atoms with Gasteiger partial charge in [-0.3, -0.25) is 9.59 Å². The van der Waals surface area contributed by atoms with Gasteiger partial charge in [-0.1, -0.05) is 50.6 Å². The van der Waals surface area contributed by atoms with Crippen LogP contribution in [0.1, 0.15) is 69.8 Å². The monoisotopic (exact) mass is 465 g/mol. The third kappa shape index (κ3) is 5.14. The van der Waals surface area contributed by atoms with Crippen molar-refractivity contribution in [3.8, 4) is 0 Å². The highest BCUT2D eigenvalue weighted by Gasteiger charge is 2.42. The van der Waals surface area contributed by atoms with Crippen molar-refractivity contribution in [2.24, 2.45) is 35.5 Å². The number of rotatable bonds is 8. The van der Waals surface area contributed by atoms with Gasteiger partial charge < -0.3 is 14.8 Å². The van der Waals surface area contributed by atoms with Crippen molar-refractivity contribution in [2.45, 2.75) is 71.5 Å². The second-order valence-electron chi connectivity index (χ2n) is 10.5. The Morgan fingerprint density at radius 3 is 2.76 bits per heavy atom. The van der Waals surface area contributed by atoms with Gasteiger partial charge in [0.25, 0.3) is 0 Å². The molecule has 0 bridgehead atoms. The number of carbonyl (C=O) groups excluding carboxylic acids is 1. The number of aromatic amines is 1. The van der Waals surface area contributed by atoms with Crippen LogP contribution in [0, 0.1) is 35.5 Å². The summed E-state index contributed by atoms with van der Waals surface area (Å²) in [5, 5.41) is 9.43. The predicted molar refractivity (Wildman–Crippen MR) is 133 cm³/mol. The third-order valence-corrected chi connectivity index (χ3v) is 8.36. The van der Waals surface area contributed by atoms with E-state index in [2.05, 4.69) is 49.2 Å². The summed E-state index contributed by atoms with van der Waals surface area (Å²) in [6.07, 6.45) is 18.6. The fourth-order valence-corrected chi connectivity index (χ4v) is 6.26. The number of allylic oxidation sites excluding steroid dienone is 5. The summed E-state index contributed by atoms with van der Waals surface area (Å²) in [6.45, 7) is 6.05. The number of nitrogens with one attached hydrogen (secondary N) is 1. The molecule has 5 nitrogen and oxygen atoms in total. The standard InChI is InChI=1S/C29H39NO4/c1-4-20(28-18(2)13-16-25(34-28)19(3)29(32)33)8-5-10-22-15-14-21-9-6-11-23(21)26(22)27(31)24-12-7-17-30-24/h5,7-8,10,12,14-15,17-19,21-23,25-26,28,30H,4,6,9,11,13,16H2,1-3H3,(H,32,33)/b10-5+,20-8-/t18-,19-,21-,22+,23-,25+,26+,28+/m0/s1. The Labute approximate surface area is 203 Å². The van der Waals surface area contributed by atoms with E-state index in [-0.39, 0.29) is 29.8 Å². The lowest BCUT2D eigenvalue weighted by Gasteiger charge is -2.37. The average molecular weight is 466 g/mol. The molecule has 0 unspecified atom stereocenters. The number of fused-ring (bicyclic) bond motifs is 1. The zero-order chi connectivity index (χ0) is 24.2. The molecule has 3 aliphatic rings.